The maximum atomic E-state index is 12.5. The number of aryl methyl sites for hydroxylation is 1. The summed E-state index contributed by atoms with van der Waals surface area (Å²) in [5, 5.41) is 6.56. The maximum absolute atomic E-state index is 12.5. The molecule has 1 aromatic rings. The normalized spacial score (nSPS) is 22.1. The van der Waals surface area contributed by atoms with Gasteiger partial charge in [0.2, 0.25) is 17.7 Å². The van der Waals surface area contributed by atoms with Crippen LogP contribution in [0.3, 0.4) is 0 Å². The predicted octanol–water partition coefficient (Wildman–Crippen LogP) is 0.149. The molecule has 2 fully saturated rings. The molecule has 3 rings (SSSR count). The molecule has 0 aromatic carbocycles. The lowest BCUT2D eigenvalue weighted by Gasteiger charge is -2.39. The van der Waals surface area contributed by atoms with Crippen LogP contribution in [-0.4, -0.2) is 38.9 Å². The molecular formula is C12H16N4O3. The average molecular weight is 264 g/mol. The lowest BCUT2D eigenvalue weighted by atomic mass is 9.93. The molecule has 7 heteroatoms. The van der Waals surface area contributed by atoms with Crippen LogP contribution in [0.5, 0.6) is 0 Å². The number of carbonyl (C=O) groups excluding carboxylic acids is 2. The molecule has 0 atom stereocenters. The number of amides is 2. The first kappa shape index (κ1) is 12.1. The molecule has 1 aliphatic heterocycles. The fourth-order valence-corrected chi connectivity index (χ4v) is 2.92. The second-order valence-corrected chi connectivity index (χ2v) is 5.23. The highest BCUT2D eigenvalue weighted by Crippen LogP contribution is 2.33. The Hall–Kier alpha value is -1.92. The van der Waals surface area contributed by atoms with E-state index in [-0.39, 0.29) is 24.9 Å². The first-order valence-electron chi connectivity index (χ1n) is 6.49. The van der Waals surface area contributed by atoms with Gasteiger partial charge in [0.1, 0.15) is 18.6 Å². The van der Waals surface area contributed by atoms with Crippen LogP contribution in [0.1, 0.15) is 37.4 Å². The summed E-state index contributed by atoms with van der Waals surface area (Å²) in [5.41, 5.74) is -0.690. The summed E-state index contributed by atoms with van der Waals surface area (Å²) in [5.74, 6) is 0.756. The van der Waals surface area contributed by atoms with Crippen LogP contribution in [0.15, 0.2) is 4.52 Å². The van der Waals surface area contributed by atoms with Crippen molar-refractivity contribution in [2.75, 3.05) is 6.54 Å². The van der Waals surface area contributed by atoms with Crippen molar-refractivity contribution in [3.8, 4) is 0 Å². The molecule has 2 heterocycles. The van der Waals surface area contributed by atoms with E-state index in [0.717, 1.165) is 25.7 Å². The molecule has 1 saturated heterocycles. The summed E-state index contributed by atoms with van der Waals surface area (Å²) < 4.78 is 5.01. The molecule has 2 aliphatic rings. The van der Waals surface area contributed by atoms with Gasteiger partial charge in [0.25, 0.3) is 0 Å². The Labute approximate surface area is 110 Å². The summed E-state index contributed by atoms with van der Waals surface area (Å²) in [6, 6.07) is 0. The minimum Gasteiger partial charge on any atom is -0.340 e. The molecule has 1 aromatic heterocycles. The van der Waals surface area contributed by atoms with Gasteiger partial charge in [-0.1, -0.05) is 18.0 Å². The molecule has 0 unspecified atom stereocenters. The molecule has 0 bridgehead atoms. The highest BCUT2D eigenvalue weighted by atomic mass is 16.5. The van der Waals surface area contributed by atoms with Crippen molar-refractivity contribution in [2.24, 2.45) is 0 Å². The number of piperazine rings is 1. The van der Waals surface area contributed by atoms with Crippen LogP contribution in [0.25, 0.3) is 0 Å². The van der Waals surface area contributed by atoms with E-state index in [0.29, 0.717) is 11.7 Å². The van der Waals surface area contributed by atoms with Gasteiger partial charge in [-0.3, -0.25) is 9.59 Å². The van der Waals surface area contributed by atoms with Gasteiger partial charge in [0.15, 0.2) is 5.82 Å². The summed E-state index contributed by atoms with van der Waals surface area (Å²) >= 11 is 0. The van der Waals surface area contributed by atoms with Crippen LogP contribution in [-0.2, 0) is 16.1 Å². The van der Waals surface area contributed by atoms with Gasteiger partial charge < -0.3 is 14.7 Å². The maximum Gasteiger partial charge on any atom is 0.249 e. The van der Waals surface area contributed by atoms with Crippen LogP contribution in [0.2, 0.25) is 0 Å². The Morgan fingerprint density at radius 3 is 2.74 bits per heavy atom. The average Bonchev–Trinajstić information content (AvgIpc) is 2.96. The van der Waals surface area contributed by atoms with Crippen LogP contribution in [0, 0.1) is 6.92 Å². The predicted molar refractivity (Wildman–Crippen MR) is 63.8 cm³/mol. The molecule has 2 amide bonds. The highest BCUT2D eigenvalue weighted by molar-refractivity contribution is 5.98. The lowest BCUT2D eigenvalue weighted by molar-refractivity contribution is -0.150. The largest absolute Gasteiger partial charge is 0.340 e. The van der Waals surface area contributed by atoms with E-state index in [1.54, 1.807) is 6.92 Å². The summed E-state index contributed by atoms with van der Waals surface area (Å²) in [6.07, 6.45) is 3.38. The number of nitrogens with one attached hydrogen (secondary N) is 1. The number of carbonyl (C=O) groups is 2. The van der Waals surface area contributed by atoms with E-state index in [2.05, 4.69) is 15.5 Å². The smallest absolute Gasteiger partial charge is 0.249 e. The fraction of sp³-hybridized carbons (Fsp3) is 0.667. The first-order chi connectivity index (χ1) is 9.09. The summed E-state index contributed by atoms with van der Waals surface area (Å²) in [6.45, 7) is 1.98. The summed E-state index contributed by atoms with van der Waals surface area (Å²) in [7, 11) is 0. The molecule has 1 spiro atoms. The van der Waals surface area contributed by atoms with Gasteiger partial charge in [0.05, 0.1) is 0 Å². The standard InChI is InChI=1S/C12H16N4O3/c1-8-13-10(19-15-8)7-16-6-9(17)14-12(11(16)18)4-2-3-5-12/h2-7H2,1H3,(H,14,17). The van der Waals surface area contributed by atoms with Crippen molar-refractivity contribution in [3.05, 3.63) is 11.7 Å². The Kier molecular flexibility index (Phi) is 2.76. The topological polar surface area (TPSA) is 88.3 Å². The highest BCUT2D eigenvalue weighted by Gasteiger charge is 2.48. The van der Waals surface area contributed by atoms with Crippen molar-refractivity contribution < 1.29 is 14.1 Å². The van der Waals surface area contributed by atoms with Crippen LogP contribution in [0.4, 0.5) is 0 Å². The van der Waals surface area contributed by atoms with E-state index >= 15 is 0 Å². The van der Waals surface area contributed by atoms with Crippen molar-refractivity contribution in [1.29, 1.82) is 0 Å². The second kappa shape index (κ2) is 4.32. The minimum absolute atomic E-state index is 0.0274. The van der Waals surface area contributed by atoms with Crippen LogP contribution >= 0.6 is 0 Å². The van der Waals surface area contributed by atoms with Crippen molar-refractivity contribution in [3.63, 3.8) is 0 Å². The third-order valence-corrected chi connectivity index (χ3v) is 3.76. The fourth-order valence-electron chi connectivity index (χ4n) is 2.92. The molecular weight excluding hydrogens is 248 g/mol. The van der Waals surface area contributed by atoms with Gasteiger partial charge in [0, 0.05) is 0 Å². The van der Waals surface area contributed by atoms with Gasteiger partial charge in [-0.15, -0.1) is 0 Å². The Morgan fingerprint density at radius 2 is 2.11 bits per heavy atom. The molecule has 1 N–H and O–H groups in total. The number of hydrogen-bond donors (Lipinski definition) is 1. The van der Waals surface area contributed by atoms with E-state index in [1.807, 2.05) is 0 Å². The van der Waals surface area contributed by atoms with Gasteiger partial charge >= 0.3 is 0 Å². The zero-order valence-corrected chi connectivity index (χ0v) is 10.8. The first-order valence-corrected chi connectivity index (χ1v) is 6.49. The Morgan fingerprint density at radius 1 is 1.37 bits per heavy atom. The zero-order chi connectivity index (χ0) is 13.5. The molecule has 7 nitrogen and oxygen atoms in total. The monoisotopic (exact) mass is 264 g/mol. The van der Waals surface area contributed by atoms with Gasteiger partial charge in [-0.05, 0) is 19.8 Å². The quantitative estimate of drug-likeness (QED) is 0.821. The van der Waals surface area contributed by atoms with Crippen molar-refractivity contribution in [2.45, 2.75) is 44.7 Å². The molecule has 1 aliphatic carbocycles. The number of aromatic nitrogens is 2. The van der Waals surface area contributed by atoms with Crippen LogP contribution < -0.4 is 5.32 Å². The van der Waals surface area contributed by atoms with E-state index < -0.39 is 5.54 Å². The van der Waals surface area contributed by atoms with E-state index in [4.69, 9.17) is 4.52 Å². The second-order valence-electron chi connectivity index (χ2n) is 5.23. The lowest BCUT2D eigenvalue weighted by Crippen LogP contribution is -2.65. The van der Waals surface area contributed by atoms with Gasteiger partial charge in [-0.25, -0.2) is 0 Å². The molecule has 0 radical (unpaired) electrons. The van der Waals surface area contributed by atoms with Crippen molar-refractivity contribution in [1.82, 2.24) is 20.4 Å². The van der Waals surface area contributed by atoms with E-state index in [1.165, 1.54) is 4.90 Å². The SMILES string of the molecule is Cc1noc(CN2CC(=O)NC3(CCCC3)C2=O)n1. The summed E-state index contributed by atoms with van der Waals surface area (Å²) in [4.78, 5) is 29.9. The molecule has 19 heavy (non-hydrogen) atoms. The third kappa shape index (κ3) is 2.09. The molecule has 102 valence electrons. The number of nitrogens with zero attached hydrogens (tertiary/aromatic N) is 3. The Balaban J connectivity index is 1.80. The number of hydrogen-bond acceptors (Lipinski definition) is 5. The van der Waals surface area contributed by atoms with Gasteiger partial charge in [-0.2, -0.15) is 4.98 Å². The third-order valence-electron chi connectivity index (χ3n) is 3.76. The van der Waals surface area contributed by atoms with Crippen molar-refractivity contribution >= 4 is 11.8 Å². The molecule has 1 saturated carbocycles. The Bertz CT molecular complexity index is 519. The number of rotatable bonds is 2. The zero-order valence-electron chi connectivity index (χ0n) is 10.8. The minimum atomic E-state index is -0.690. The van der Waals surface area contributed by atoms with E-state index in [9.17, 15) is 9.59 Å².